The Labute approximate surface area is 115 Å². The summed E-state index contributed by atoms with van der Waals surface area (Å²) in [7, 11) is 0. The molecule has 0 spiro atoms. The van der Waals surface area contributed by atoms with Crippen molar-refractivity contribution in [2.45, 2.75) is 22.9 Å². The number of benzene rings is 1. The fourth-order valence-corrected chi connectivity index (χ4v) is 5.06. The fourth-order valence-electron chi connectivity index (χ4n) is 1.61. The quantitative estimate of drug-likeness (QED) is 0.400. The number of nitro groups is 1. The van der Waals surface area contributed by atoms with Gasteiger partial charge in [-0.25, -0.2) is 0 Å². The molecule has 7 heteroatoms. The summed E-state index contributed by atoms with van der Waals surface area (Å²) in [4.78, 5) is 15.7. The number of amidine groups is 1. The molecule has 5 nitrogen and oxygen atoms in total. The third-order valence-electron chi connectivity index (χ3n) is 2.83. The second kappa shape index (κ2) is 4.94. The summed E-state index contributed by atoms with van der Waals surface area (Å²) in [6.07, 6.45) is 2.75. The molecule has 1 aliphatic heterocycles. The molecular weight excluding hydrogens is 313 g/mol. The Balaban J connectivity index is 1.76. The Morgan fingerprint density at radius 3 is 3.11 bits per heavy atom. The number of aliphatic imine (C=N–C) groups is 1. The molecule has 1 fully saturated rings. The Bertz CT molecular complexity index is 531. The van der Waals surface area contributed by atoms with E-state index in [0.29, 0.717) is 0 Å². The van der Waals surface area contributed by atoms with E-state index in [-0.39, 0.29) is 26.4 Å². The molecule has 0 atom stereocenters. The van der Waals surface area contributed by atoms with Gasteiger partial charge >= 0.3 is 116 Å². The molecule has 93 valence electrons. The van der Waals surface area contributed by atoms with E-state index in [1.165, 1.54) is 36.1 Å². The molecule has 1 radical (unpaired) electrons. The Hall–Kier alpha value is -1.00. The van der Waals surface area contributed by atoms with Crippen LogP contribution in [0.3, 0.4) is 0 Å². The van der Waals surface area contributed by atoms with Gasteiger partial charge in [-0.2, -0.15) is 0 Å². The molecule has 0 saturated heterocycles. The van der Waals surface area contributed by atoms with Gasteiger partial charge in [0.1, 0.15) is 0 Å². The summed E-state index contributed by atoms with van der Waals surface area (Å²) < 4.78 is 4.28. The maximum atomic E-state index is 10.7. The van der Waals surface area contributed by atoms with Gasteiger partial charge in [0, 0.05) is 0 Å². The van der Waals surface area contributed by atoms with Gasteiger partial charge in [0.05, 0.1) is 0 Å². The Morgan fingerprint density at radius 2 is 2.39 bits per heavy atom. The summed E-state index contributed by atoms with van der Waals surface area (Å²) >= 11 is 1.55. The Kier molecular flexibility index (Phi) is 3.31. The minimum absolute atomic E-state index is 0.112. The van der Waals surface area contributed by atoms with Crippen LogP contribution in [-0.2, 0) is 0 Å². The number of nitrogens with zero attached hydrogens (tertiary/aromatic N) is 2. The number of nitro benzene ring substituents is 1. The van der Waals surface area contributed by atoms with E-state index >= 15 is 0 Å². The van der Waals surface area contributed by atoms with Crippen molar-refractivity contribution in [2.75, 3.05) is 0 Å². The van der Waals surface area contributed by atoms with Crippen molar-refractivity contribution in [3.8, 4) is 0 Å². The number of non-ortho nitro benzene ring substituents is 1. The van der Waals surface area contributed by atoms with Crippen LogP contribution in [0.5, 0.6) is 0 Å². The van der Waals surface area contributed by atoms with Crippen molar-refractivity contribution in [2.24, 2.45) is 10.9 Å². The first-order valence-electron chi connectivity index (χ1n) is 5.70. The SMILES string of the molecule is O=[N+]([O-])c1ccc2c(c1)SNC([As]CC1CC1)=N2. The van der Waals surface area contributed by atoms with Gasteiger partial charge in [0.2, 0.25) is 0 Å². The normalized spacial score (nSPS) is 18.3. The van der Waals surface area contributed by atoms with Gasteiger partial charge in [-0.3, -0.25) is 0 Å². The predicted molar refractivity (Wildman–Crippen MR) is 72.5 cm³/mol. The van der Waals surface area contributed by atoms with Crippen LogP contribution < -0.4 is 4.72 Å². The molecule has 3 rings (SSSR count). The third kappa shape index (κ3) is 2.70. The zero-order valence-corrected chi connectivity index (χ0v) is 12.2. The van der Waals surface area contributed by atoms with E-state index in [4.69, 9.17) is 0 Å². The van der Waals surface area contributed by atoms with Crippen molar-refractivity contribution < 1.29 is 4.92 Å². The van der Waals surface area contributed by atoms with Crippen molar-refractivity contribution in [3.63, 3.8) is 0 Å². The van der Waals surface area contributed by atoms with Gasteiger partial charge < -0.3 is 0 Å². The second-order valence-electron chi connectivity index (χ2n) is 4.33. The van der Waals surface area contributed by atoms with E-state index < -0.39 is 0 Å². The van der Waals surface area contributed by atoms with Gasteiger partial charge in [0.15, 0.2) is 0 Å². The summed E-state index contributed by atoms with van der Waals surface area (Å²) in [5, 5.41) is 12.0. The minimum atomic E-state index is -0.376. The predicted octanol–water partition coefficient (Wildman–Crippen LogP) is 2.73. The molecule has 1 N–H and O–H groups in total. The van der Waals surface area contributed by atoms with Crippen LogP contribution >= 0.6 is 11.9 Å². The molecule has 1 saturated carbocycles. The number of hydrogen-bond acceptors (Lipinski definition) is 5. The molecule has 18 heavy (non-hydrogen) atoms. The summed E-state index contributed by atoms with van der Waals surface area (Å²) in [5.41, 5.74) is 0.971. The van der Waals surface area contributed by atoms with Crippen molar-refractivity contribution in [3.05, 3.63) is 28.3 Å². The molecule has 0 amide bonds. The Morgan fingerprint density at radius 1 is 1.56 bits per heavy atom. The molecule has 0 unspecified atom stereocenters. The van der Waals surface area contributed by atoms with Crippen LogP contribution in [0.15, 0.2) is 28.1 Å². The van der Waals surface area contributed by atoms with E-state index in [2.05, 4.69) is 9.71 Å². The average molecular weight is 324 g/mol. The number of nitrogens with one attached hydrogen (secondary N) is 1. The molecule has 1 heterocycles. The van der Waals surface area contributed by atoms with E-state index in [1.54, 1.807) is 12.1 Å². The molecule has 2 aliphatic rings. The fraction of sp³-hybridized carbons (Fsp3) is 0.364. The van der Waals surface area contributed by atoms with Crippen LogP contribution in [0.4, 0.5) is 11.4 Å². The van der Waals surface area contributed by atoms with E-state index in [1.807, 2.05) is 0 Å². The zero-order chi connectivity index (χ0) is 12.5. The first kappa shape index (κ1) is 12.1. The maximum absolute atomic E-state index is 10.7. The van der Waals surface area contributed by atoms with Gasteiger partial charge in [-0.05, 0) is 0 Å². The van der Waals surface area contributed by atoms with Gasteiger partial charge in [-0.1, -0.05) is 0 Å². The van der Waals surface area contributed by atoms with E-state index in [9.17, 15) is 10.1 Å². The molecule has 1 aromatic carbocycles. The summed E-state index contributed by atoms with van der Waals surface area (Å²) in [6.45, 7) is 0. The van der Waals surface area contributed by atoms with Gasteiger partial charge in [0.25, 0.3) is 0 Å². The number of fused-ring (bicyclic) bond motifs is 1. The second-order valence-corrected chi connectivity index (χ2v) is 7.50. The van der Waals surface area contributed by atoms with Crippen LogP contribution in [-0.4, -0.2) is 25.3 Å². The van der Waals surface area contributed by atoms with E-state index in [0.717, 1.165) is 21.1 Å². The topological polar surface area (TPSA) is 67.5 Å². The van der Waals surface area contributed by atoms with Crippen LogP contribution in [0.1, 0.15) is 12.8 Å². The monoisotopic (exact) mass is 324 g/mol. The molecule has 1 aromatic rings. The van der Waals surface area contributed by atoms with Crippen molar-refractivity contribution >= 4 is 43.7 Å². The average Bonchev–Trinajstić information content (AvgIpc) is 3.19. The van der Waals surface area contributed by atoms with Crippen molar-refractivity contribution in [1.82, 2.24) is 4.72 Å². The summed E-state index contributed by atoms with van der Waals surface area (Å²) in [6, 6.07) is 4.83. The van der Waals surface area contributed by atoms with Crippen LogP contribution in [0.2, 0.25) is 5.21 Å². The number of hydrogen-bond donors (Lipinski definition) is 1. The van der Waals surface area contributed by atoms with Crippen molar-refractivity contribution in [1.29, 1.82) is 0 Å². The van der Waals surface area contributed by atoms with Crippen LogP contribution in [0.25, 0.3) is 0 Å². The summed E-state index contributed by atoms with van der Waals surface area (Å²) in [5.74, 6) is 0.928. The standard InChI is InChI=1S/C11H11AsN3O2S/c16-15(17)8-3-4-9-10(5-8)18-14-11(13-9)12-6-7-1-2-7/h3-5,7H,1-2,6H2,(H,13,14). The number of rotatable bonds is 4. The molecule has 0 bridgehead atoms. The first-order chi connectivity index (χ1) is 8.72. The third-order valence-corrected chi connectivity index (χ3v) is 6.54. The van der Waals surface area contributed by atoms with Crippen LogP contribution in [0, 0.1) is 16.0 Å². The first-order valence-corrected chi connectivity index (χ1v) is 8.78. The molecule has 1 aliphatic carbocycles. The molecule has 0 aromatic heterocycles. The van der Waals surface area contributed by atoms with Gasteiger partial charge in [-0.15, -0.1) is 0 Å². The zero-order valence-electron chi connectivity index (χ0n) is 9.50. The molecular formula is C11H11AsN3O2S.